The summed E-state index contributed by atoms with van der Waals surface area (Å²) in [6.45, 7) is 5.84. The van der Waals surface area contributed by atoms with Gasteiger partial charge in [0, 0.05) is 38.0 Å². The standard InChI is InChI=1S/C36H40N2O4/c1-25-34(23-38(3)22-27-8-5-4-6-9-27)41-36(42-35(25)31-14-12-28(24-39)13-15-31)32-18-16-30(17-19-32)33-11-7-10-29(20-33)21-37-26(2)40/h4-20,25,34-36,39H,21-24H2,1-3H3,(H,37,40). The van der Waals surface area contributed by atoms with Gasteiger partial charge in [-0.2, -0.15) is 0 Å². The summed E-state index contributed by atoms with van der Waals surface area (Å²) in [7, 11) is 2.13. The maximum Gasteiger partial charge on any atom is 0.217 e. The first-order chi connectivity index (χ1) is 20.4. The van der Waals surface area contributed by atoms with E-state index in [1.54, 1.807) is 0 Å². The minimum atomic E-state index is -0.515. The molecule has 1 aliphatic heterocycles. The Kier molecular flexibility index (Phi) is 9.82. The largest absolute Gasteiger partial charge is 0.392 e. The maximum atomic E-state index is 11.3. The van der Waals surface area contributed by atoms with Gasteiger partial charge in [-0.15, -0.1) is 0 Å². The zero-order valence-corrected chi connectivity index (χ0v) is 24.6. The van der Waals surface area contributed by atoms with Crippen LogP contribution < -0.4 is 5.32 Å². The summed E-state index contributed by atoms with van der Waals surface area (Å²) in [6.07, 6.45) is -0.721. The van der Waals surface area contributed by atoms with E-state index in [9.17, 15) is 9.90 Å². The normalized spacial score (nSPS) is 20.4. The first kappa shape index (κ1) is 29.7. The molecule has 2 N–H and O–H groups in total. The number of ether oxygens (including phenoxy) is 2. The lowest BCUT2D eigenvalue weighted by Crippen LogP contribution is -2.43. The number of rotatable bonds is 10. The van der Waals surface area contributed by atoms with E-state index >= 15 is 0 Å². The molecule has 1 aliphatic rings. The maximum absolute atomic E-state index is 11.3. The van der Waals surface area contributed by atoms with Gasteiger partial charge in [0.2, 0.25) is 5.91 Å². The third-order valence-electron chi connectivity index (χ3n) is 7.89. The number of nitrogens with one attached hydrogen (secondary N) is 1. The minimum Gasteiger partial charge on any atom is -0.392 e. The quantitative estimate of drug-likeness (QED) is 0.233. The van der Waals surface area contributed by atoms with Crippen molar-refractivity contribution >= 4 is 5.91 Å². The van der Waals surface area contributed by atoms with Gasteiger partial charge >= 0.3 is 0 Å². The number of amides is 1. The van der Waals surface area contributed by atoms with Crippen LogP contribution in [-0.2, 0) is 34.0 Å². The van der Waals surface area contributed by atoms with Crippen molar-refractivity contribution in [1.82, 2.24) is 10.2 Å². The van der Waals surface area contributed by atoms with Gasteiger partial charge in [-0.1, -0.05) is 104 Å². The number of likely N-dealkylation sites (N-methyl/N-ethyl adjacent to an activating group) is 1. The molecule has 4 aromatic rings. The van der Waals surface area contributed by atoms with Gasteiger partial charge in [-0.25, -0.2) is 0 Å². The van der Waals surface area contributed by atoms with Crippen molar-refractivity contribution in [2.45, 2.75) is 52.0 Å². The predicted molar refractivity (Wildman–Crippen MR) is 165 cm³/mol. The number of nitrogens with zero attached hydrogens (tertiary/aromatic N) is 1. The molecule has 4 aromatic carbocycles. The summed E-state index contributed by atoms with van der Waals surface area (Å²) in [5, 5.41) is 12.4. The molecule has 4 atom stereocenters. The predicted octanol–water partition coefficient (Wildman–Crippen LogP) is 6.41. The van der Waals surface area contributed by atoms with Gasteiger partial charge in [0.15, 0.2) is 6.29 Å². The molecule has 42 heavy (non-hydrogen) atoms. The third kappa shape index (κ3) is 7.52. The van der Waals surface area contributed by atoms with Crippen LogP contribution in [0.5, 0.6) is 0 Å². The molecule has 0 spiro atoms. The van der Waals surface area contributed by atoms with Gasteiger partial charge in [0.1, 0.15) is 0 Å². The molecule has 6 nitrogen and oxygen atoms in total. The van der Waals surface area contributed by atoms with Crippen molar-refractivity contribution in [3.05, 3.63) is 131 Å². The highest BCUT2D eigenvalue weighted by atomic mass is 16.7. The average molecular weight is 565 g/mol. The molecule has 0 radical (unpaired) electrons. The fourth-order valence-corrected chi connectivity index (χ4v) is 5.52. The Morgan fingerprint density at radius 2 is 1.50 bits per heavy atom. The fourth-order valence-electron chi connectivity index (χ4n) is 5.52. The highest BCUT2D eigenvalue weighted by molar-refractivity contribution is 5.73. The van der Waals surface area contributed by atoms with E-state index in [0.29, 0.717) is 6.54 Å². The fraction of sp³-hybridized carbons (Fsp3) is 0.306. The van der Waals surface area contributed by atoms with Crippen molar-refractivity contribution in [3.8, 4) is 11.1 Å². The van der Waals surface area contributed by atoms with Gasteiger partial charge in [-0.3, -0.25) is 9.69 Å². The second-order valence-corrected chi connectivity index (χ2v) is 11.2. The Bertz CT molecular complexity index is 1440. The van der Waals surface area contributed by atoms with Crippen molar-refractivity contribution in [1.29, 1.82) is 0 Å². The first-order valence-electron chi connectivity index (χ1n) is 14.6. The second-order valence-electron chi connectivity index (χ2n) is 11.2. The lowest BCUT2D eigenvalue weighted by Gasteiger charge is -2.42. The Balaban J connectivity index is 1.36. The first-order valence-corrected chi connectivity index (χ1v) is 14.6. The van der Waals surface area contributed by atoms with E-state index in [1.807, 2.05) is 30.3 Å². The molecule has 1 amide bonds. The molecule has 218 valence electrons. The van der Waals surface area contributed by atoms with Crippen LogP contribution in [0.3, 0.4) is 0 Å². The van der Waals surface area contributed by atoms with Crippen LogP contribution in [0.4, 0.5) is 0 Å². The number of benzene rings is 4. The van der Waals surface area contributed by atoms with E-state index < -0.39 is 6.29 Å². The van der Waals surface area contributed by atoms with Crippen LogP contribution in [0.1, 0.15) is 54.1 Å². The molecule has 1 saturated heterocycles. The SMILES string of the molecule is CC(=O)NCc1cccc(-c2ccc(C3OC(CN(C)Cc4ccccc4)C(C)C(c4ccc(CO)cc4)O3)cc2)c1. The number of carbonyl (C=O) groups is 1. The molecular formula is C36H40N2O4. The van der Waals surface area contributed by atoms with E-state index in [-0.39, 0.29) is 30.6 Å². The highest BCUT2D eigenvalue weighted by Crippen LogP contribution is 2.42. The van der Waals surface area contributed by atoms with Crippen LogP contribution in [-0.4, -0.2) is 35.6 Å². The minimum absolute atomic E-state index is 0.0164. The molecule has 0 aromatic heterocycles. The zero-order valence-electron chi connectivity index (χ0n) is 24.6. The lowest BCUT2D eigenvalue weighted by molar-refractivity contribution is -0.276. The molecule has 0 aliphatic carbocycles. The number of aliphatic hydroxyl groups is 1. The summed E-state index contributed by atoms with van der Waals surface area (Å²) >= 11 is 0. The summed E-state index contributed by atoms with van der Waals surface area (Å²) in [5.74, 6) is 0.0730. The highest BCUT2D eigenvalue weighted by Gasteiger charge is 2.38. The van der Waals surface area contributed by atoms with Crippen molar-refractivity contribution < 1.29 is 19.4 Å². The molecular weight excluding hydrogens is 524 g/mol. The third-order valence-corrected chi connectivity index (χ3v) is 7.89. The second kappa shape index (κ2) is 13.9. The van der Waals surface area contributed by atoms with Crippen LogP contribution in [0.15, 0.2) is 103 Å². The molecule has 1 fully saturated rings. The van der Waals surface area contributed by atoms with Crippen LogP contribution in [0.2, 0.25) is 0 Å². The van der Waals surface area contributed by atoms with Crippen molar-refractivity contribution in [2.75, 3.05) is 13.6 Å². The Hall–Kier alpha value is -3.81. The number of hydrogen-bond donors (Lipinski definition) is 2. The number of carbonyl (C=O) groups excluding carboxylic acids is 1. The van der Waals surface area contributed by atoms with Crippen LogP contribution in [0.25, 0.3) is 11.1 Å². The zero-order chi connectivity index (χ0) is 29.5. The molecule has 0 bridgehead atoms. The summed E-state index contributed by atoms with van der Waals surface area (Å²) < 4.78 is 13.3. The summed E-state index contributed by atoms with van der Waals surface area (Å²) in [4.78, 5) is 13.6. The van der Waals surface area contributed by atoms with Gasteiger partial charge < -0.3 is 19.9 Å². The molecule has 4 unspecified atom stereocenters. The summed E-state index contributed by atoms with van der Waals surface area (Å²) in [5.41, 5.74) is 7.42. The van der Waals surface area contributed by atoms with Crippen molar-refractivity contribution in [2.24, 2.45) is 5.92 Å². The number of hydrogen-bond acceptors (Lipinski definition) is 5. The molecule has 6 heteroatoms. The molecule has 1 heterocycles. The smallest absolute Gasteiger partial charge is 0.217 e. The van der Waals surface area contributed by atoms with Crippen LogP contribution >= 0.6 is 0 Å². The topological polar surface area (TPSA) is 71.0 Å². The van der Waals surface area contributed by atoms with E-state index in [2.05, 4.69) is 97.0 Å². The monoisotopic (exact) mass is 564 g/mol. The van der Waals surface area contributed by atoms with Crippen LogP contribution in [0, 0.1) is 5.92 Å². The van der Waals surface area contributed by atoms with E-state index in [0.717, 1.165) is 46.5 Å². The van der Waals surface area contributed by atoms with Gasteiger partial charge in [0.05, 0.1) is 18.8 Å². The average Bonchev–Trinajstić information content (AvgIpc) is 3.02. The van der Waals surface area contributed by atoms with E-state index in [1.165, 1.54) is 12.5 Å². The Morgan fingerprint density at radius 3 is 2.19 bits per heavy atom. The Labute approximate surface area is 248 Å². The molecule has 0 saturated carbocycles. The lowest BCUT2D eigenvalue weighted by atomic mass is 9.90. The van der Waals surface area contributed by atoms with Crippen molar-refractivity contribution in [3.63, 3.8) is 0 Å². The molecule has 5 rings (SSSR count). The van der Waals surface area contributed by atoms with Gasteiger partial charge in [0.25, 0.3) is 0 Å². The van der Waals surface area contributed by atoms with E-state index in [4.69, 9.17) is 9.47 Å². The Morgan fingerprint density at radius 1 is 0.810 bits per heavy atom. The summed E-state index contributed by atoms with van der Waals surface area (Å²) in [6, 6.07) is 35.1. The van der Waals surface area contributed by atoms with Gasteiger partial charge in [-0.05, 0) is 46.5 Å². The number of aliphatic hydroxyl groups excluding tert-OH is 1.